The average Bonchev–Trinajstić information content (AvgIpc) is 2.57. The normalized spacial score (nSPS) is 11.1. The molecule has 1 aromatic heterocycles. The van der Waals surface area contributed by atoms with E-state index in [1.54, 1.807) is 36.9 Å². The molecule has 0 radical (unpaired) electrons. The summed E-state index contributed by atoms with van der Waals surface area (Å²) in [7, 11) is -2.78. The molecular weight excluding hydrogens is 385 g/mol. The van der Waals surface area contributed by atoms with Crippen LogP contribution in [0.2, 0.25) is 0 Å². The Kier molecular flexibility index (Phi) is 6.48. The number of hydrogen-bond acceptors (Lipinski definition) is 5. The molecule has 0 atom stereocenters. The maximum absolute atomic E-state index is 12.4. The Labute approximate surface area is 158 Å². The van der Waals surface area contributed by atoms with Crippen LogP contribution in [0.3, 0.4) is 0 Å². The fraction of sp³-hybridized carbons (Fsp3) is 0.250. The third kappa shape index (κ3) is 4.24. The van der Waals surface area contributed by atoms with Gasteiger partial charge in [-0.25, -0.2) is 13.1 Å². The van der Waals surface area contributed by atoms with Crippen LogP contribution in [0, 0.1) is 6.92 Å². The van der Waals surface area contributed by atoms with Crippen LogP contribution in [0.5, 0.6) is 0 Å². The van der Waals surface area contributed by atoms with Crippen LogP contribution >= 0.6 is 15.9 Å². The number of rotatable bonds is 4. The van der Waals surface area contributed by atoms with E-state index in [0.717, 1.165) is 4.47 Å². The minimum atomic E-state index is -4.46. The summed E-state index contributed by atoms with van der Waals surface area (Å²) in [4.78, 5) is 12.4. The van der Waals surface area contributed by atoms with Gasteiger partial charge in [-0.2, -0.15) is 0 Å². The van der Waals surface area contributed by atoms with Crippen LogP contribution in [0.25, 0.3) is 5.69 Å². The molecule has 22 heavy (non-hydrogen) atoms. The molecule has 0 aliphatic heterocycles. The molecule has 114 valence electrons. The molecular formula is C12H13BrN3NaO4S. The Morgan fingerprint density at radius 1 is 1.36 bits per heavy atom. The van der Waals surface area contributed by atoms with Crippen molar-refractivity contribution in [2.45, 2.75) is 6.92 Å². The molecule has 0 aliphatic carbocycles. The van der Waals surface area contributed by atoms with Gasteiger partial charge in [-0.3, -0.25) is 9.48 Å². The monoisotopic (exact) mass is 397 g/mol. The minimum absolute atomic E-state index is 0. The SMILES string of the molecule is Cc1c(NCS(=O)(=O)[O-])c(=O)n(-c2cccc(Br)c2)n1C.[Na+]. The van der Waals surface area contributed by atoms with Gasteiger partial charge < -0.3 is 9.87 Å². The van der Waals surface area contributed by atoms with Gasteiger partial charge in [0.1, 0.15) is 21.7 Å². The van der Waals surface area contributed by atoms with Crippen LogP contribution in [-0.4, -0.2) is 28.2 Å². The van der Waals surface area contributed by atoms with Gasteiger partial charge in [0.25, 0.3) is 5.56 Å². The molecule has 2 rings (SSSR count). The first-order chi connectivity index (χ1) is 9.70. The Morgan fingerprint density at radius 2 is 2.00 bits per heavy atom. The summed E-state index contributed by atoms with van der Waals surface area (Å²) in [6, 6.07) is 7.12. The first-order valence-electron chi connectivity index (χ1n) is 5.92. The van der Waals surface area contributed by atoms with Crippen LogP contribution in [-0.2, 0) is 17.2 Å². The molecule has 0 spiro atoms. The number of hydrogen-bond donors (Lipinski definition) is 1. The zero-order chi connectivity index (χ0) is 15.8. The summed E-state index contributed by atoms with van der Waals surface area (Å²) in [5, 5.41) is 2.40. The zero-order valence-corrected chi connectivity index (χ0v) is 16.7. The standard InChI is InChI=1S/C12H14BrN3O4S.Na/c1-8-11(14-7-21(18,19)20)12(17)16(15(8)2)10-5-3-4-9(13)6-10;/h3-6,14H,7H2,1-2H3,(H,18,19,20);/q;+1/p-1. The van der Waals surface area contributed by atoms with E-state index in [1.807, 2.05) is 6.07 Å². The van der Waals surface area contributed by atoms with Crippen LogP contribution in [0.4, 0.5) is 5.69 Å². The van der Waals surface area contributed by atoms with E-state index in [1.165, 1.54) is 4.68 Å². The maximum atomic E-state index is 12.4. The smallest absolute Gasteiger partial charge is 0.747 e. The quantitative estimate of drug-likeness (QED) is 0.483. The number of aromatic nitrogens is 2. The molecule has 0 saturated heterocycles. The number of anilines is 1. The molecule has 0 saturated carbocycles. The van der Waals surface area contributed by atoms with Crippen LogP contribution in [0.15, 0.2) is 33.5 Å². The van der Waals surface area contributed by atoms with Crippen LogP contribution in [0.1, 0.15) is 5.69 Å². The largest absolute Gasteiger partial charge is 1.00 e. The molecule has 0 fully saturated rings. The summed E-state index contributed by atoms with van der Waals surface area (Å²) in [6.07, 6.45) is 0. The van der Waals surface area contributed by atoms with Gasteiger partial charge in [0.15, 0.2) is 0 Å². The zero-order valence-electron chi connectivity index (χ0n) is 12.3. The Hall–Kier alpha value is -0.580. The van der Waals surface area contributed by atoms with Crippen molar-refractivity contribution in [3.63, 3.8) is 0 Å². The fourth-order valence-corrected chi connectivity index (χ4v) is 2.68. The second-order valence-corrected chi connectivity index (χ2v) is 6.78. The van der Waals surface area contributed by atoms with Crippen molar-refractivity contribution in [1.29, 1.82) is 0 Å². The number of halogens is 1. The van der Waals surface area contributed by atoms with E-state index >= 15 is 0 Å². The molecule has 10 heteroatoms. The molecule has 1 heterocycles. The average molecular weight is 398 g/mol. The minimum Gasteiger partial charge on any atom is -0.747 e. The summed E-state index contributed by atoms with van der Waals surface area (Å²) in [5.74, 6) is -0.828. The van der Waals surface area contributed by atoms with E-state index in [-0.39, 0.29) is 35.2 Å². The van der Waals surface area contributed by atoms with Gasteiger partial charge in [0.2, 0.25) is 0 Å². The van der Waals surface area contributed by atoms with E-state index in [4.69, 9.17) is 0 Å². The number of nitrogens with zero attached hydrogens (tertiary/aromatic N) is 2. The van der Waals surface area contributed by atoms with Crippen molar-refractivity contribution in [3.05, 3.63) is 44.8 Å². The van der Waals surface area contributed by atoms with Crippen LogP contribution < -0.4 is 40.4 Å². The van der Waals surface area contributed by atoms with Crippen molar-refractivity contribution in [3.8, 4) is 5.69 Å². The van der Waals surface area contributed by atoms with Crippen molar-refractivity contribution in [2.24, 2.45) is 7.05 Å². The molecule has 0 unspecified atom stereocenters. The molecule has 0 amide bonds. The van der Waals surface area contributed by atoms with E-state index in [2.05, 4.69) is 21.2 Å². The predicted molar refractivity (Wildman–Crippen MR) is 81.6 cm³/mol. The van der Waals surface area contributed by atoms with Gasteiger partial charge in [0.05, 0.1) is 11.4 Å². The summed E-state index contributed by atoms with van der Waals surface area (Å²) < 4.78 is 35.9. The number of nitrogens with one attached hydrogen (secondary N) is 1. The third-order valence-electron chi connectivity index (χ3n) is 3.03. The van der Waals surface area contributed by atoms with Crippen molar-refractivity contribution in [1.82, 2.24) is 9.36 Å². The first-order valence-corrected chi connectivity index (χ1v) is 8.30. The topological polar surface area (TPSA) is 96.2 Å². The molecule has 7 nitrogen and oxygen atoms in total. The van der Waals surface area contributed by atoms with Gasteiger partial charge in [0, 0.05) is 11.5 Å². The van der Waals surface area contributed by atoms with Gasteiger partial charge in [-0.05, 0) is 25.1 Å². The van der Waals surface area contributed by atoms with E-state index in [9.17, 15) is 17.8 Å². The second kappa shape index (κ2) is 7.33. The van der Waals surface area contributed by atoms with Crippen molar-refractivity contribution >= 4 is 31.7 Å². The van der Waals surface area contributed by atoms with Gasteiger partial charge >= 0.3 is 29.6 Å². The second-order valence-electron chi connectivity index (χ2n) is 4.46. The molecule has 2 aromatic rings. The van der Waals surface area contributed by atoms with E-state index in [0.29, 0.717) is 11.4 Å². The summed E-state index contributed by atoms with van der Waals surface area (Å²) in [5.41, 5.74) is 0.829. The maximum Gasteiger partial charge on any atom is 1.00 e. The van der Waals surface area contributed by atoms with Gasteiger partial charge in [-0.15, -0.1) is 0 Å². The molecule has 1 N–H and O–H groups in total. The molecule has 1 aromatic carbocycles. The molecule has 0 aliphatic rings. The Morgan fingerprint density at radius 3 is 2.55 bits per heavy atom. The predicted octanol–water partition coefficient (Wildman–Crippen LogP) is -1.83. The third-order valence-corrected chi connectivity index (χ3v) is 4.02. The Balaban J connectivity index is 0.00000242. The first kappa shape index (κ1) is 19.5. The van der Waals surface area contributed by atoms with Gasteiger partial charge in [-0.1, -0.05) is 22.0 Å². The Bertz CT molecular complexity index is 845. The number of benzene rings is 1. The van der Waals surface area contributed by atoms with Crippen molar-refractivity contribution < 1.29 is 42.5 Å². The fourth-order valence-electron chi connectivity index (χ4n) is 1.97. The van der Waals surface area contributed by atoms with Crippen molar-refractivity contribution in [2.75, 3.05) is 11.2 Å². The molecule has 0 bridgehead atoms. The van der Waals surface area contributed by atoms with E-state index < -0.39 is 21.6 Å². The summed E-state index contributed by atoms with van der Waals surface area (Å²) in [6.45, 7) is 1.66. The summed E-state index contributed by atoms with van der Waals surface area (Å²) >= 11 is 3.33.